The van der Waals surface area contributed by atoms with Gasteiger partial charge < -0.3 is 9.52 Å². The van der Waals surface area contributed by atoms with Crippen LogP contribution in [-0.4, -0.2) is 27.5 Å². The molecule has 0 saturated carbocycles. The van der Waals surface area contributed by atoms with Gasteiger partial charge >= 0.3 is 5.97 Å². The van der Waals surface area contributed by atoms with Crippen molar-refractivity contribution in [1.82, 2.24) is 9.88 Å². The number of likely N-dealkylation sites (tertiary alicyclic amines) is 1. The maximum Gasteiger partial charge on any atom is 0.335 e. The quantitative estimate of drug-likeness (QED) is 0.676. The van der Waals surface area contributed by atoms with E-state index in [9.17, 15) is 4.79 Å². The van der Waals surface area contributed by atoms with Crippen LogP contribution in [0.3, 0.4) is 0 Å². The van der Waals surface area contributed by atoms with Crippen molar-refractivity contribution in [3.63, 3.8) is 0 Å². The number of carboxylic acids is 1. The lowest BCUT2D eigenvalue weighted by Crippen LogP contribution is -2.33. The van der Waals surface area contributed by atoms with Gasteiger partial charge in [-0.05, 0) is 42.6 Å². The molecule has 4 rings (SSSR count). The van der Waals surface area contributed by atoms with Crippen molar-refractivity contribution in [2.24, 2.45) is 0 Å². The van der Waals surface area contributed by atoms with Crippen LogP contribution in [0.1, 0.15) is 58.4 Å². The van der Waals surface area contributed by atoms with E-state index < -0.39 is 5.97 Å². The number of carboxylic acid groups (broad SMARTS) is 1. The average molecular weight is 376 g/mol. The van der Waals surface area contributed by atoms with Gasteiger partial charge in [0.2, 0.25) is 5.89 Å². The van der Waals surface area contributed by atoms with Gasteiger partial charge in [0, 0.05) is 13.0 Å². The Hall–Kier alpha value is -2.92. The van der Waals surface area contributed by atoms with Gasteiger partial charge in [0.05, 0.1) is 17.8 Å². The van der Waals surface area contributed by atoms with E-state index in [1.165, 1.54) is 5.56 Å². The number of hydrogen-bond acceptors (Lipinski definition) is 4. The predicted molar refractivity (Wildman–Crippen MR) is 106 cm³/mol. The third-order valence-corrected chi connectivity index (χ3v) is 5.28. The average Bonchev–Trinajstić information content (AvgIpc) is 3.18. The van der Waals surface area contributed by atoms with Crippen LogP contribution in [-0.2, 0) is 13.0 Å². The first kappa shape index (κ1) is 18.4. The lowest BCUT2D eigenvalue weighted by atomic mass is 10.0. The third-order valence-electron chi connectivity index (χ3n) is 5.28. The summed E-state index contributed by atoms with van der Waals surface area (Å²) in [5, 5.41) is 9.06. The summed E-state index contributed by atoms with van der Waals surface area (Å²) in [5.41, 5.74) is 2.63. The van der Waals surface area contributed by atoms with E-state index in [0.29, 0.717) is 5.56 Å². The van der Waals surface area contributed by atoms with Crippen molar-refractivity contribution in [2.75, 3.05) is 6.54 Å². The van der Waals surface area contributed by atoms with Crippen molar-refractivity contribution >= 4 is 5.97 Å². The number of oxazole rings is 1. The molecule has 2 aromatic carbocycles. The predicted octanol–water partition coefficient (Wildman–Crippen LogP) is 4.69. The second kappa shape index (κ2) is 8.40. The van der Waals surface area contributed by atoms with Crippen LogP contribution in [0.5, 0.6) is 0 Å². The summed E-state index contributed by atoms with van der Waals surface area (Å²) in [6.07, 6.45) is 5.93. The molecule has 1 aliphatic rings. The molecule has 0 amide bonds. The molecule has 28 heavy (non-hydrogen) atoms. The van der Waals surface area contributed by atoms with E-state index in [1.807, 2.05) is 36.5 Å². The second-order valence-electron chi connectivity index (χ2n) is 7.31. The summed E-state index contributed by atoms with van der Waals surface area (Å²) in [7, 11) is 0. The van der Waals surface area contributed by atoms with E-state index in [4.69, 9.17) is 9.52 Å². The smallest absolute Gasteiger partial charge is 0.335 e. The van der Waals surface area contributed by atoms with E-state index in [0.717, 1.165) is 56.0 Å². The first-order valence-corrected chi connectivity index (χ1v) is 9.74. The molecule has 0 unspecified atom stereocenters. The molecule has 1 aromatic heterocycles. The van der Waals surface area contributed by atoms with Crippen LogP contribution in [0, 0.1) is 0 Å². The minimum atomic E-state index is -0.895. The highest BCUT2D eigenvalue weighted by atomic mass is 16.4. The molecule has 2 heterocycles. The van der Waals surface area contributed by atoms with Crippen molar-refractivity contribution in [3.05, 3.63) is 89.1 Å². The summed E-state index contributed by atoms with van der Waals surface area (Å²) < 4.78 is 6.12. The maximum absolute atomic E-state index is 11.0. The third kappa shape index (κ3) is 4.31. The first-order valence-electron chi connectivity index (χ1n) is 9.74. The van der Waals surface area contributed by atoms with Gasteiger partial charge in [0.15, 0.2) is 0 Å². The van der Waals surface area contributed by atoms with Gasteiger partial charge in [-0.2, -0.15) is 0 Å². The molecule has 1 saturated heterocycles. The number of carbonyl (C=O) groups is 1. The van der Waals surface area contributed by atoms with Gasteiger partial charge in [0.1, 0.15) is 5.76 Å². The number of nitrogens with zero attached hydrogens (tertiary/aromatic N) is 2. The molecule has 0 aliphatic carbocycles. The van der Waals surface area contributed by atoms with Crippen LogP contribution in [0.25, 0.3) is 0 Å². The first-order chi connectivity index (χ1) is 13.7. The minimum absolute atomic E-state index is 0.164. The van der Waals surface area contributed by atoms with Crippen molar-refractivity contribution in [2.45, 2.75) is 38.3 Å². The molecule has 0 bridgehead atoms. The fourth-order valence-electron chi connectivity index (χ4n) is 3.80. The summed E-state index contributed by atoms with van der Waals surface area (Å²) in [6, 6.07) is 17.5. The fourth-order valence-corrected chi connectivity index (χ4v) is 3.80. The maximum atomic E-state index is 11.0. The Labute approximate surface area is 164 Å². The zero-order valence-corrected chi connectivity index (χ0v) is 15.8. The summed E-state index contributed by atoms with van der Waals surface area (Å²) in [6.45, 7) is 1.75. The van der Waals surface area contributed by atoms with E-state index in [1.54, 1.807) is 12.1 Å². The molecule has 1 atom stereocenters. The number of hydrogen-bond donors (Lipinski definition) is 1. The molecule has 3 aromatic rings. The second-order valence-corrected chi connectivity index (χ2v) is 7.31. The SMILES string of the molecule is O=C(O)c1ccc(CN2CCCC[C@H]2c2ncc(Cc3ccccc3)o2)cc1. The number of aromatic carboxylic acids is 1. The summed E-state index contributed by atoms with van der Waals surface area (Å²) >= 11 is 0. The Kier molecular flexibility index (Phi) is 5.53. The molecule has 5 heteroatoms. The number of rotatable bonds is 6. The Morgan fingerprint density at radius 1 is 1.07 bits per heavy atom. The Balaban J connectivity index is 1.47. The van der Waals surface area contributed by atoms with E-state index in [-0.39, 0.29) is 6.04 Å². The molecule has 0 spiro atoms. The van der Waals surface area contributed by atoms with Crippen LogP contribution in [0.2, 0.25) is 0 Å². The monoisotopic (exact) mass is 376 g/mol. The topological polar surface area (TPSA) is 66.6 Å². The van der Waals surface area contributed by atoms with Gasteiger partial charge in [0.25, 0.3) is 0 Å². The van der Waals surface area contributed by atoms with Crippen LogP contribution in [0.15, 0.2) is 65.2 Å². The summed E-state index contributed by atoms with van der Waals surface area (Å²) in [4.78, 5) is 18.0. The highest BCUT2D eigenvalue weighted by Crippen LogP contribution is 2.32. The van der Waals surface area contributed by atoms with Crippen LogP contribution >= 0.6 is 0 Å². The number of piperidine rings is 1. The van der Waals surface area contributed by atoms with E-state index in [2.05, 4.69) is 22.0 Å². The fraction of sp³-hybridized carbons (Fsp3) is 0.304. The highest BCUT2D eigenvalue weighted by Gasteiger charge is 2.28. The van der Waals surface area contributed by atoms with Gasteiger partial charge in [-0.15, -0.1) is 0 Å². The van der Waals surface area contributed by atoms with E-state index >= 15 is 0 Å². The normalized spacial score (nSPS) is 17.5. The lowest BCUT2D eigenvalue weighted by Gasteiger charge is -2.33. The molecular weight excluding hydrogens is 352 g/mol. The highest BCUT2D eigenvalue weighted by molar-refractivity contribution is 5.87. The van der Waals surface area contributed by atoms with Crippen molar-refractivity contribution in [3.8, 4) is 0 Å². The molecule has 1 aliphatic heterocycles. The largest absolute Gasteiger partial charge is 0.478 e. The van der Waals surface area contributed by atoms with Gasteiger partial charge in [-0.3, -0.25) is 4.90 Å². The standard InChI is InChI=1S/C23H24N2O3/c26-23(27)19-11-9-18(10-12-19)16-25-13-5-4-8-21(25)22-24-15-20(28-22)14-17-6-2-1-3-7-17/h1-3,6-7,9-12,15,21H,4-5,8,13-14,16H2,(H,26,27)/t21-/m0/s1. The Bertz CT molecular complexity index is 919. The number of aromatic nitrogens is 1. The van der Waals surface area contributed by atoms with Crippen molar-refractivity contribution in [1.29, 1.82) is 0 Å². The Morgan fingerprint density at radius 3 is 2.61 bits per heavy atom. The molecule has 5 nitrogen and oxygen atoms in total. The van der Waals surface area contributed by atoms with Crippen molar-refractivity contribution < 1.29 is 14.3 Å². The van der Waals surface area contributed by atoms with Crippen LogP contribution in [0.4, 0.5) is 0 Å². The molecule has 1 fully saturated rings. The lowest BCUT2D eigenvalue weighted by molar-refractivity contribution is 0.0697. The Morgan fingerprint density at radius 2 is 1.86 bits per heavy atom. The molecule has 0 radical (unpaired) electrons. The minimum Gasteiger partial charge on any atom is -0.478 e. The molecule has 144 valence electrons. The zero-order chi connectivity index (χ0) is 19.3. The number of benzene rings is 2. The van der Waals surface area contributed by atoms with Gasteiger partial charge in [-0.25, -0.2) is 9.78 Å². The van der Waals surface area contributed by atoms with Gasteiger partial charge in [-0.1, -0.05) is 48.9 Å². The molecule has 1 N–H and O–H groups in total. The summed E-state index contributed by atoms with van der Waals surface area (Å²) in [5.74, 6) is 0.776. The van der Waals surface area contributed by atoms with Crippen LogP contribution < -0.4 is 0 Å². The molecular formula is C23H24N2O3. The zero-order valence-electron chi connectivity index (χ0n) is 15.8.